The van der Waals surface area contributed by atoms with Crippen molar-refractivity contribution in [3.8, 4) is 0 Å². The Morgan fingerprint density at radius 1 is 1.83 bits per heavy atom. The second-order valence-corrected chi connectivity index (χ2v) is 2.38. The van der Waals surface area contributed by atoms with Crippen molar-refractivity contribution in [2.75, 3.05) is 5.75 Å². The maximum atomic E-state index is 5.02. The summed E-state index contributed by atoms with van der Waals surface area (Å²) in [6.07, 6.45) is 0.991. The van der Waals surface area contributed by atoms with Crippen molar-refractivity contribution in [1.29, 1.82) is 0 Å². The van der Waals surface area contributed by atoms with Crippen LogP contribution in [0, 0.1) is 0 Å². The van der Waals surface area contributed by atoms with Crippen LogP contribution < -0.4 is 4.72 Å². The Bertz CT molecular complexity index is 69.2. The van der Waals surface area contributed by atoms with E-state index in [1.54, 1.807) is 11.9 Å². The summed E-state index contributed by atoms with van der Waals surface area (Å²) in [4.78, 5) is 0. The third-order valence-corrected chi connectivity index (χ3v) is 1.92. The monoisotopic (exact) mass is 103 g/mol. The molecule has 2 fully saturated rings. The molecule has 0 aromatic heterocycles. The highest BCUT2D eigenvalue weighted by Crippen LogP contribution is 2.30. The lowest BCUT2D eigenvalue weighted by Crippen LogP contribution is -2.00. The molecule has 3 heteroatoms. The highest BCUT2D eigenvalue weighted by atomic mass is 32.2. The quantitative estimate of drug-likeness (QED) is 0.344. The summed E-state index contributed by atoms with van der Waals surface area (Å²) in [5, 5.41) is 0. The fraction of sp³-hybridized carbons (Fsp3) is 1.00. The van der Waals surface area contributed by atoms with E-state index in [1.807, 2.05) is 0 Å². The number of rotatable bonds is 0. The van der Waals surface area contributed by atoms with Crippen LogP contribution in [0.15, 0.2) is 0 Å². The molecule has 0 aromatic carbocycles. The molecule has 2 saturated heterocycles. The molecule has 0 saturated carbocycles. The largest absolute Gasteiger partial charge is 0.351 e. The molecule has 2 nitrogen and oxygen atoms in total. The minimum Gasteiger partial charge on any atom is -0.351 e. The lowest BCUT2D eigenvalue weighted by Gasteiger charge is -1.85. The van der Waals surface area contributed by atoms with Crippen LogP contribution in [-0.4, -0.2) is 18.1 Å². The third kappa shape index (κ3) is 0.303. The van der Waals surface area contributed by atoms with E-state index in [0.29, 0.717) is 12.3 Å². The summed E-state index contributed by atoms with van der Waals surface area (Å²) >= 11 is 1.76. The van der Waals surface area contributed by atoms with Gasteiger partial charge in [0.05, 0.1) is 0 Å². The van der Waals surface area contributed by atoms with Crippen LogP contribution >= 0.6 is 11.9 Å². The number of hydrogen-bond acceptors (Lipinski definition) is 3. The average Bonchev–Trinajstić information content (AvgIpc) is 2.17. The first-order valence-corrected chi connectivity index (χ1v) is 2.98. The molecular weight excluding hydrogens is 98.1 g/mol. The first kappa shape index (κ1) is 3.29. The molecule has 2 heterocycles. The van der Waals surface area contributed by atoms with Crippen molar-refractivity contribution >= 4 is 11.9 Å². The lowest BCUT2D eigenvalue weighted by molar-refractivity contribution is 0.369. The standard InChI is InChI=1S/C3H5NOS/c1-2-3(5-2)4-6-1/h2-4H,1H2. The van der Waals surface area contributed by atoms with Gasteiger partial charge in [-0.25, -0.2) is 4.72 Å². The van der Waals surface area contributed by atoms with Crippen LogP contribution in [0.5, 0.6) is 0 Å². The van der Waals surface area contributed by atoms with Gasteiger partial charge in [-0.15, -0.1) is 0 Å². The molecule has 34 valence electrons. The maximum absolute atomic E-state index is 5.02. The van der Waals surface area contributed by atoms with E-state index in [1.165, 1.54) is 0 Å². The van der Waals surface area contributed by atoms with E-state index in [9.17, 15) is 0 Å². The van der Waals surface area contributed by atoms with Gasteiger partial charge in [-0.3, -0.25) is 0 Å². The zero-order valence-corrected chi connectivity index (χ0v) is 3.99. The van der Waals surface area contributed by atoms with Crippen molar-refractivity contribution in [1.82, 2.24) is 4.72 Å². The van der Waals surface area contributed by atoms with Crippen molar-refractivity contribution in [2.24, 2.45) is 0 Å². The van der Waals surface area contributed by atoms with Crippen LogP contribution in [0.4, 0.5) is 0 Å². The Hall–Kier alpha value is 0.270. The van der Waals surface area contributed by atoms with Crippen LogP contribution in [0.2, 0.25) is 0 Å². The number of hydrogen-bond donors (Lipinski definition) is 1. The molecule has 2 rings (SSSR count). The van der Waals surface area contributed by atoms with Crippen LogP contribution in [0.25, 0.3) is 0 Å². The van der Waals surface area contributed by atoms with Gasteiger partial charge in [-0.05, 0) is 0 Å². The Labute approximate surface area is 40.4 Å². The van der Waals surface area contributed by atoms with Gasteiger partial charge in [0.15, 0.2) is 0 Å². The highest BCUT2D eigenvalue weighted by molar-refractivity contribution is 7.97. The zero-order valence-electron chi connectivity index (χ0n) is 3.18. The minimum absolute atomic E-state index is 0.426. The Balaban J connectivity index is 2.09. The SMILES string of the molecule is C1SNC2OC12. The molecule has 0 radical (unpaired) electrons. The van der Waals surface area contributed by atoms with Gasteiger partial charge in [-0.2, -0.15) is 0 Å². The summed E-state index contributed by atoms with van der Waals surface area (Å²) < 4.78 is 8.11. The first-order chi connectivity index (χ1) is 2.97. The molecule has 0 spiro atoms. The van der Waals surface area contributed by atoms with Crippen molar-refractivity contribution in [3.63, 3.8) is 0 Å². The van der Waals surface area contributed by atoms with Gasteiger partial charge >= 0.3 is 0 Å². The highest BCUT2D eigenvalue weighted by Gasteiger charge is 2.43. The van der Waals surface area contributed by atoms with E-state index in [4.69, 9.17) is 4.74 Å². The summed E-state index contributed by atoms with van der Waals surface area (Å²) in [7, 11) is 0. The van der Waals surface area contributed by atoms with Gasteiger partial charge in [0.25, 0.3) is 0 Å². The van der Waals surface area contributed by atoms with Crippen molar-refractivity contribution in [3.05, 3.63) is 0 Å². The molecule has 6 heavy (non-hydrogen) atoms. The molecule has 0 amide bonds. The second kappa shape index (κ2) is 0.911. The van der Waals surface area contributed by atoms with Gasteiger partial charge in [0.1, 0.15) is 12.3 Å². The normalized spacial score (nSPS) is 52.0. The molecular formula is C3H5NOS. The molecule has 1 N–H and O–H groups in total. The van der Waals surface area contributed by atoms with E-state index in [2.05, 4.69) is 4.72 Å². The van der Waals surface area contributed by atoms with E-state index in [0.717, 1.165) is 5.75 Å². The summed E-state index contributed by atoms with van der Waals surface area (Å²) in [6.45, 7) is 0. The topological polar surface area (TPSA) is 24.6 Å². The van der Waals surface area contributed by atoms with Gasteiger partial charge < -0.3 is 4.74 Å². The molecule has 2 aliphatic heterocycles. The van der Waals surface area contributed by atoms with E-state index < -0.39 is 0 Å². The van der Waals surface area contributed by atoms with E-state index >= 15 is 0 Å². The summed E-state index contributed by atoms with van der Waals surface area (Å²) in [6, 6.07) is 0. The Kier molecular flexibility index (Phi) is 0.500. The fourth-order valence-corrected chi connectivity index (χ4v) is 1.47. The molecule has 0 aromatic rings. The predicted octanol–water partition coefficient (Wildman–Crippen LogP) is -0.0373. The van der Waals surface area contributed by atoms with Crippen LogP contribution in [-0.2, 0) is 4.74 Å². The molecule has 0 aliphatic carbocycles. The molecule has 0 bridgehead atoms. The lowest BCUT2D eigenvalue weighted by atomic mass is 10.5. The fourth-order valence-electron chi connectivity index (χ4n) is 0.586. The van der Waals surface area contributed by atoms with E-state index in [-0.39, 0.29) is 0 Å². The molecule has 2 unspecified atom stereocenters. The Morgan fingerprint density at radius 3 is 3.00 bits per heavy atom. The maximum Gasteiger partial charge on any atom is 0.144 e. The zero-order chi connectivity index (χ0) is 3.98. The van der Waals surface area contributed by atoms with Gasteiger partial charge in [0.2, 0.25) is 0 Å². The average molecular weight is 103 g/mol. The van der Waals surface area contributed by atoms with Gasteiger partial charge in [-0.1, -0.05) is 11.9 Å². The third-order valence-electron chi connectivity index (χ3n) is 1.03. The van der Waals surface area contributed by atoms with Crippen LogP contribution in [0.3, 0.4) is 0 Å². The van der Waals surface area contributed by atoms with Crippen LogP contribution in [0.1, 0.15) is 0 Å². The number of epoxide rings is 1. The minimum atomic E-state index is 0.426. The van der Waals surface area contributed by atoms with Gasteiger partial charge in [0, 0.05) is 5.75 Å². The first-order valence-electron chi connectivity index (χ1n) is 1.99. The number of ether oxygens (including phenoxy) is 1. The number of nitrogens with one attached hydrogen (secondary N) is 1. The molecule has 2 atom stereocenters. The smallest absolute Gasteiger partial charge is 0.144 e. The van der Waals surface area contributed by atoms with Crippen molar-refractivity contribution < 1.29 is 4.74 Å². The second-order valence-electron chi connectivity index (χ2n) is 1.52. The number of fused-ring (bicyclic) bond motifs is 1. The summed E-state index contributed by atoms with van der Waals surface area (Å²) in [5.41, 5.74) is 0. The molecule has 2 aliphatic rings. The predicted molar refractivity (Wildman–Crippen MR) is 24.3 cm³/mol. The summed E-state index contributed by atoms with van der Waals surface area (Å²) in [5.74, 6) is 1.14. The van der Waals surface area contributed by atoms with Crippen molar-refractivity contribution in [2.45, 2.75) is 12.3 Å². The Morgan fingerprint density at radius 2 is 2.83 bits per heavy atom.